The zero-order valence-electron chi connectivity index (χ0n) is 25.6. The number of para-hydroxylation sites is 1. The number of nitrogens with two attached hydrogens (primary N) is 1. The maximum atomic E-state index is 12.3. The molecule has 0 bridgehead atoms. The molecule has 4 rings (SSSR count). The number of amidine groups is 2. The number of hydrazone groups is 1. The van der Waals surface area contributed by atoms with E-state index in [1.54, 1.807) is 42.6 Å². The number of hydrogen-bond donors (Lipinski definition) is 3. The maximum absolute atomic E-state index is 12.3. The SMILES string of the molecule is Cc1cccc(C)c1N=C(N/N=C/c1ccc(C(N)=[NH+]C=Nc2ccc(OC(F)(F)F)cc2)cc1)SCc1ccc(S(C)(=O)=O)cc1. The number of ether oxygens (including phenoxy) is 1. The van der Waals surface area contributed by atoms with Crippen molar-refractivity contribution >= 4 is 56.5 Å². The molecular weight excluding hydrogens is 650 g/mol. The molecule has 4 aromatic carbocycles. The quantitative estimate of drug-likeness (QED) is 0.118. The van der Waals surface area contributed by atoms with E-state index in [-0.39, 0.29) is 10.6 Å². The number of nitrogens with one attached hydrogen (secondary N) is 2. The summed E-state index contributed by atoms with van der Waals surface area (Å²) in [5, 5.41) is 4.95. The van der Waals surface area contributed by atoms with Gasteiger partial charge in [0.25, 0.3) is 0 Å². The summed E-state index contributed by atoms with van der Waals surface area (Å²) in [5.74, 6) is 0.516. The summed E-state index contributed by atoms with van der Waals surface area (Å²) in [5.41, 5.74) is 14.8. The summed E-state index contributed by atoms with van der Waals surface area (Å²) in [6.07, 6.45) is -0.605. The van der Waals surface area contributed by atoms with Crippen molar-refractivity contribution < 1.29 is 31.3 Å². The van der Waals surface area contributed by atoms with E-state index in [0.717, 1.165) is 27.9 Å². The minimum absolute atomic E-state index is 0.264. The van der Waals surface area contributed by atoms with Gasteiger partial charge in [0, 0.05) is 17.6 Å². The van der Waals surface area contributed by atoms with Crippen LogP contribution in [0, 0.1) is 13.8 Å². The van der Waals surface area contributed by atoms with E-state index in [2.05, 4.69) is 25.2 Å². The Balaban J connectivity index is 1.41. The van der Waals surface area contributed by atoms with E-state index in [4.69, 9.17) is 10.7 Å². The van der Waals surface area contributed by atoms with Crippen LogP contribution in [0.25, 0.3) is 0 Å². The minimum atomic E-state index is -4.76. The highest BCUT2D eigenvalue weighted by atomic mass is 32.2. The smallest absolute Gasteiger partial charge is 0.406 e. The van der Waals surface area contributed by atoms with Gasteiger partial charge in [0.2, 0.25) is 12.2 Å². The topological polar surface area (TPSA) is 132 Å². The summed E-state index contributed by atoms with van der Waals surface area (Å²) < 4.78 is 64.4. The van der Waals surface area contributed by atoms with E-state index < -0.39 is 16.2 Å². The van der Waals surface area contributed by atoms with Crippen molar-refractivity contribution in [2.45, 2.75) is 30.9 Å². The Morgan fingerprint density at radius 1 is 0.957 bits per heavy atom. The number of sulfone groups is 1. The number of hydrogen-bond acceptors (Lipinski definition) is 7. The average molecular weight is 682 g/mol. The van der Waals surface area contributed by atoms with Crippen molar-refractivity contribution in [3.63, 3.8) is 0 Å². The fourth-order valence-electron chi connectivity index (χ4n) is 4.06. The molecule has 9 nitrogen and oxygen atoms in total. The van der Waals surface area contributed by atoms with E-state index in [1.165, 1.54) is 48.6 Å². The van der Waals surface area contributed by atoms with E-state index in [9.17, 15) is 21.6 Å². The first-order chi connectivity index (χ1) is 22.3. The van der Waals surface area contributed by atoms with Gasteiger partial charge in [-0.05, 0) is 84.6 Å². The van der Waals surface area contributed by atoms with Crippen molar-refractivity contribution in [2.75, 3.05) is 6.26 Å². The van der Waals surface area contributed by atoms with Gasteiger partial charge in [-0.1, -0.05) is 54.2 Å². The van der Waals surface area contributed by atoms with Gasteiger partial charge in [0.15, 0.2) is 15.0 Å². The summed E-state index contributed by atoms with van der Waals surface area (Å²) >= 11 is 1.43. The van der Waals surface area contributed by atoms with Crippen LogP contribution in [0.15, 0.2) is 111 Å². The molecule has 0 aliphatic carbocycles. The fourth-order valence-corrected chi connectivity index (χ4v) is 5.46. The second kappa shape index (κ2) is 15.6. The number of aryl methyl sites for hydroxylation is 2. The lowest BCUT2D eigenvalue weighted by Gasteiger charge is -2.09. The van der Waals surface area contributed by atoms with E-state index >= 15 is 0 Å². The molecule has 244 valence electrons. The molecule has 4 N–H and O–H groups in total. The third-order valence-electron chi connectivity index (χ3n) is 6.48. The van der Waals surface area contributed by atoms with Crippen molar-refractivity contribution in [2.24, 2.45) is 20.8 Å². The molecule has 0 saturated heterocycles. The normalized spacial score (nSPS) is 13.0. The van der Waals surface area contributed by atoms with Crippen LogP contribution in [-0.4, -0.2) is 44.6 Å². The van der Waals surface area contributed by atoms with Gasteiger partial charge in [-0.2, -0.15) is 5.10 Å². The Bertz CT molecular complexity index is 1890. The van der Waals surface area contributed by atoms with Gasteiger partial charge in [0.05, 0.1) is 16.8 Å². The van der Waals surface area contributed by atoms with Gasteiger partial charge in [-0.25, -0.2) is 18.4 Å². The van der Waals surface area contributed by atoms with Crippen LogP contribution < -0.4 is 20.9 Å². The van der Waals surface area contributed by atoms with Crippen LogP contribution in [0.5, 0.6) is 5.75 Å². The molecule has 47 heavy (non-hydrogen) atoms. The largest absolute Gasteiger partial charge is 0.573 e. The highest BCUT2D eigenvalue weighted by Gasteiger charge is 2.31. The summed E-state index contributed by atoms with van der Waals surface area (Å²) in [6.45, 7) is 3.97. The molecule has 0 heterocycles. The van der Waals surface area contributed by atoms with Crippen LogP contribution in [-0.2, 0) is 15.6 Å². The van der Waals surface area contributed by atoms with Gasteiger partial charge in [0.1, 0.15) is 11.4 Å². The lowest BCUT2D eigenvalue weighted by atomic mass is 10.1. The third-order valence-corrected chi connectivity index (χ3v) is 8.54. The molecule has 14 heteroatoms. The number of halogens is 3. The lowest BCUT2D eigenvalue weighted by molar-refractivity contribution is -0.303. The van der Waals surface area contributed by atoms with E-state index in [0.29, 0.717) is 28.0 Å². The van der Waals surface area contributed by atoms with Crippen molar-refractivity contribution in [3.8, 4) is 5.75 Å². The molecular formula is C33H32F3N6O3S2+. The number of rotatable bonds is 10. The monoisotopic (exact) mass is 681 g/mol. The second-order valence-corrected chi connectivity index (χ2v) is 13.2. The second-order valence-electron chi connectivity index (χ2n) is 10.2. The first kappa shape index (κ1) is 34.9. The van der Waals surface area contributed by atoms with Crippen molar-refractivity contribution in [1.82, 2.24) is 5.43 Å². The Morgan fingerprint density at radius 3 is 2.19 bits per heavy atom. The molecule has 0 radical (unpaired) electrons. The molecule has 0 aromatic heterocycles. The number of nitrogens with zero attached hydrogens (tertiary/aromatic N) is 3. The van der Waals surface area contributed by atoms with Crippen LogP contribution in [0.2, 0.25) is 0 Å². The van der Waals surface area contributed by atoms with Gasteiger partial charge >= 0.3 is 6.36 Å². The summed E-state index contributed by atoms with van der Waals surface area (Å²) in [4.78, 5) is 12.1. The predicted molar refractivity (Wildman–Crippen MR) is 182 cm³/mol. The number of aliphatic imine (C=N–C) groups is 2. The van der Waals surface area contributed by atoms with Crippen LogP contribution in [0.3, 0.4) is 0 Å². The predicted octanol–water partition coefficient (Wildman–Crippen LogP) is 5.30. The highest BCUT2D eigenvalue weighted by Crippen LogP contribution is 2.26. The molecule has 0 saturated carbocycles. The third kappa shape index (κ3) is 11.1. The first-order valence-electron chi connectivity index (χ1n) is 14.0. The highest BCUT2D eigenvalue weighted by molar-refractivity contribution is 8.13. The van der Waals surface area contributed by atoms with Crippen molar-refractivity contribution in [1.29, 1.82) is 0 Å². The fraction of sp³-hybridized carbons (Fsp3) is 0.152. The van der Waals surface area contributed by atoms with Crippen LogP contribution in [0.1, 0.15) is 27.8 Å². The number of benzene rings is 4. The minimum Gasteiger partial charge on any atom is -0.406 e. The molecule has 0 fully saturated rings. The Kier molecular flexibility index (Phi) is 11.6. The Labute approximate surface area is 275 Å². The average Bonchev–Trinajstić information content (AvgIpc) is 3.01. The number of nitrogen functional groups attached to an aromatic ring is 1. The molecule has 0 aliphatic rings. The molecule has 0 unspecified atom stereocenters. The van der Waals surface area contributed by atoms with Gasteiger partial charge in [-0.3, -0.25) is 5.43 Å². The number of thioether (sulfide) groups is 1. The van der Waals surface area contributed by atoms with Crippen molar-refractivity contribution in [3.05, 3.63) is 119 Å². The molecule has 0 spiro atoms. The van der Waals surface area contributed by atoms with Crippen LogP contribution >= 0.6 is 11.8 Å². The summed E-state index contributed by atoms with van der Waals surface area (Å²) in [6, 6.07) is 25.0. The zero-order valence-corrected chi connectivity index (χ0v) is 27.2. The first-order valence-corrected chi connectivity index (χ1v) is 16.9. The number of alkyl halides is 3. The lowest BCUT2D eigenvalue weighted by Crippen LogP contribution is -2.74. The Hall–Kier alpha value is -4.95. The molecule has 0 amide bonds. The molecule has 0 aliphatic heterocycles. The maximum Gasteiger partial charge on any atom is 0.573 e. The standard InChI is InChI=1S/C33H31F3N6O3S2/c1-22-5-4-6-23(2)30(22)41-32(46-20-25-9-17-29(18-10-25)47(3,43)44)42-40-19-24-7-11-26(12-8-24)31(37)39-21-38-27-13-15-28(16-14-27)45-33(34,35)36/h4-19,21H,20H2,1-3H3,(H,41,42)(H2,37,38,39)/p+1/b40-19+. The van der Waals surface area contributed by atoms with Crippen LogP contribution in [0.4, 0.5) is 24.5 Å². The zero-order chi connectivity index (χ0) is 34.0. The Morgan fingerprint density at radius 2 is 1.60 bits per heavy atom. The summed E-state index contributed by atoms with van der Waals surface area (Å²) in [7, 11) is -3.28. The van der Waals surface area contributed by atoms with E-state index in [1.807, 2.05) is 44.2 Å². The molecule has 0 atom stereocenters. The van der Waals surface area contributed by atoms with Gasteiger partial charge in [-0.15, -0.1) is 18.2 Å². The molecule has 4 aromatic rings. The van der Waals surface area contributed by atoms with Gasteiger partial charge < -0.3 is 10.5 Å².